The van der Waals surface area contributed by atoms with Crippen LogP contribution in [0.5, 0.6) is 0 Å². The highest BCUT2D eigenvalue weighted by Gasteiger charge is 2.26. The number of sulfonamides is 1. The van der Waals surface area contributed by atoms with E-state index in [9.17, 15) is 13.2 Å². The van der Waals surface area contributed by atoms with Gasteiger partial charge in [-0.1, -0.05) is 67.6 Å². The molecule has 1 atom stereocenters. The van der Waals surface area contributed by atoms with Crippen molar-refractivity contribution in [2.45, 2.75) is 32.1 Å². The Balaban J connectivity index is 1.47. The van der Waals surface area contributed by atoms with Gasteiger partial charge in [0.05, 0.1) is 5.41 Å². The molecule has 1 N–H and O–H groups in total. The quantitative estimate of drug-likeness (QED) is 0.754. The zero-order valence-corrected chi connectivity index (χ0v) is 17.5. The van der Waals surface area contributed by atoms with Crippen LogP contribution in [-0.2, 0) is 10.0 Å². The second-order valence-corrected chi connectivity index (χ2v) is 9.21. The van der Waals surface area contributed by atoms with Gasteiger partial charge in [0.15, 0.2) is 0 Å². The predicted octanol–water partition coefficient (Wildman–Crippen LogP) is 4.60. The number of carbonyl (C=O) groups is 1. The third-order valence-corrected chi connectivity index (χ3v) is 6.38. The fraction of sp³-hybridized carbons (Fsp3) is 0.348. The minimum absolute atomic E-state index is 0.477. The minimum Gasteiger partial charge on any atom is -0.324 e. The molecule has 5 nitrogen and oxygen atoms in total. The number of likely N-dealkylation sites (tertiary alicyclic amines) is 1. The lowest BCUT2D eigenvalue weighted by molar-refractivity contribution is 0.171. The SMILES string of the molecule is CC(CC1CCN(C(=O)NS(=O)(=O)/C=C/c2ccccc2)CC1)c1ccccc1. The molecule has 0 bridgehead atoms. The zero-order chi connectivity index (χ0) is 20.7. The smallest absolute Gasteiger partial charge is 0.324 e. The molecule has 2 aromatic rings. The summed E-state index contributed by atoms with van der Waals surface area (Å²) in [5.41, 5.74) is 2.10. The molecular formula is C23H28N2O3S. The van der Waals surface area contributed by atoms with Crippen LogP contribution >= 0.6 is 0 Å². The molecule has 154 valence electrons. The summed E-state index contributed by atoms with van der Waals surface area (Å²) in [5.74, 6) is 1.02. The van der Waals surface area contributed by atoms with Gasteiger partial charge < -0.3 is 4.90 Å². The number of hydrogen-bond acceptors (Lipinski definition) is 3. The molecule has 0 spiro atoms. The lowest BCUT2D eigenvalue weighted by atomic mass is 9.85. The van der Waals surface area contributed by atoms with Crippen LogP contribution in [0.25, 0.3) is 6.08 Å². The van der Waals surface area contributed by atoms with Gasteiger partial charge in [-0.05, 0) is 48.3 Å². The van der Waals surface area contributed by atoms with E-state index in [2.05, 4.69) is 35.9 Å². The fourth-order valence-corrected chi connectivity index (χ4v) is 4.52. The van der Waals surface area contributed by atoms with Crippen molar-refractivity contribution < 1.29 is 13.2 Å². The monoisotopic (exact) mass is 412 g/mol. The van der Waals surface area contributed by atoms with Gasteiger partial charge in [-0.3, -0.25) is 0 Å². The van der Waals surface area contributed by atoms with E-state index < -0.39 is 16.1 Å². The molecule has 0 aromatic heterocycles. The number of piperidine rings is 1. The van der Waals surface area contributed by atoms with E-state index in [4.69, 9.17) is 0 Å². The molecule has 1 unspecified atom stereocenters. The third kappa shape index (κ3) is 6.46. The number of urea groups is 1. The highest BCUT2D eigenvalue weighted by molar-refractivity contribution is 7.93. The van der Waals surface area contributed by atoms with Crippen LogP contribution < -0.4 is 4.72 Å². The van der Waals surface area contributed by atoms with Gasteiger partial charge >= 0.3 is 6.03 Å². The molecule has 2 aromatic carbocycles. The van der Waals surface area contributed by atoms with Gasteiger partial charge in [-0.2, -0.15) is 0 Å². The van der Waals surface area contributed by atoms with E-state index in [0.29, 0.717) is 24.9 Å². The van der Waals surface area contributed by atoms with E-state index in [1.54, 1.807) is 17.0 Å². The van der Waals surface area contributed by atoms with E-state index in [1.165, 1.54) is 11.6 Å². The summed E-state index contributed by atoms with van der Waals surface area (Å²) in [4.78, 5) is 14.0. The summed E-state index contributed by atoms with van der Waals surface area (Å²) in [5, 5.41) is 1.04. The van der Waals surface area contributed by atoms with Crippen LogP contribution in [0.3, 0.4) is 0 Å². The second kappa shape index (κ2) is 9.74. The molecule has 0 saturated carbocycles. The fourth-order valence-electron chi connectivity index (χ4n) is 3.74. The van der Waals surface area contributed by atoms with Crippen molar-refractivity contribution in [2.24, 2.45) is 5.92 Å². The number of benzene rings is 2. The molecule has 2 amide bonds. The summed E-state index contributed by atoms with van der Waals surface area (Å²) in [6, 6.07) is 19.0. The van der Waals surface area contributed by atoms with Crippen LogP contribution in [0.4, 0.5) is 4.79 Å². The van der Waals surface area contributed by atoms with Gasteiger partial charge in [0.1, 0.15) is 0 Å². The summed E-state index contributed by atoms with van der Waals surface area (Å²) < 4.78 is 26.5. The predicted molar refractivity (Wildman–Crippen MR) is 117 cm³/mol. The summed E-state index contributed by atoms with van der Waals surface area (Å²) in [6.07, 6.45) is 4.35. The Morgan fingerprint density at radius 2 is 1.66 bits per heavy atom. The van der Waals surface area contributed by atoms with Crippen molar-refractivity contribution in [3.8, 4) is 0 Å². The molecule has 3 rings (SSSR count). The first-order valence-corrected chi connectivity index (χ1v) is 11.6. The van der Waals surface area contributed by atoms with E-state index >= 15 is 0 Å². The number of carbonyl (C=O) groups excluding carboxylic acids is 1. The van der Waals surface area contributed by atoms with Crippen LogP contribution in [0.1, 0.15) is 43.2 Å². The number of amides is 2. The highest BCUT2D eigenvalue weighted by atomic mass is 32.2. The molecule has 29 heavy (non-hydrogen) atoms. The first kappa shape index (κ1) is 21.1. The number of nitrogens with one attached hydrogen (secondary N) is 1. The van der Waals surface area contributed by atoms with Gasteiger partial charge in [0, 0.05) is 13.1 Å². The maximum atomic E-state index is 12.4. The molecular weight excluding hydrogens is 384 g/mol. The van der Waals surface area contributed by atoms with Crippen molar-refractivity contribution in [3.05, 3.63) is 77.2 Å². The van der Waals surface area contributed by atoms with E-state index in [0.717, 1.165) is 30.2 Å². The average Bonchev–Trinajstić information content (AvgIpc) is 2.74. The van der Waals surface area contributed by atoms with Crippen LogP contribution in [0.2, 0.25) is 0 Å². The number of hydrogen-bond donors (Lipinski definition) is 1. The van der Waals surface area contributed by atoms with Crippen molar-refractivity contribution in [1.29, 1.82) is 0 Å². The first-order valence-electron chi connectivity index (χ1n) is 10.0. The third-order valence-electron chi connectivity index (χ3n) is 5.43. The topological polar surface area (TPSA) is 66.5 Å². The van der Waals surface area contributed by atoms with Crippen LogP contribution in [0, 0.1) is 5.92 Å². The average molecular weight is 413 g/mol. The summed E-state index contributed by atoms with van der Waals surface area (Å²) in [7, 11) is -3.82. The minimum atomic E-state index is -3.82. The second-order valence-electron chi connectivity index (χ2n) is 7.64. The van der Waals surface area contributed by atoms with Crippen molar-refractivity contribution in [2.75, 3.05) is 13.1 Å². The maximum absolute atomic E-state index is 12.4. The van der Waals surface area contributed by atoms with Gasteiger partial charge in [-0.25, -0.2) is 17.9 Å². The van der Waals surface area contributed by atoms with E-state index in [-0.39, 0.29) is 0 Å². The standard InChI is InChI=1S/C23H28N2O3S/c1-19(22-10-6-3-7-11-22)18-21-12-15-25(16-13-21)23(26)24-29(27,28)17-14-20-8-4-2-5-9-20/h2-11,14,17,19,21H,12-13,15-16,18H2,1H3,(H,24,26)/b17-14+. The van der Waals surface area contributed by atoms with E-state index in [1.807, 2.05) is 24.3 Å². The summed E-state index contributed by atoms with van der Waals surface area (Å²) in [6.45, 7) is 3.39. The number of nitrogens with zero attached hydrogens (tertiary/aromatic N) is 1. The lowest BCUT2D eigenvalue weighted by Crippen LogP contribution is -2.46. The van der Waals surface area contributed by atoms with Gasteiger partial charge in [0.25, 0.3) is 10.0 Å². The Bertz CT molecular complexity index is 919. The normalized spacial score (nSPS) is 16.7. The molecule has 1 aliphatic heterocycles. The molecule has 1 aliphatic rings. The zero-order valence-electron chi connectivity index (χ0n) is 16.7. The first-order chi connectivity index (χ1) is 13.9. The molecule has 6 heteroatoms. The molecule has 1 saturated heterocycles. The van der Waals surface area contributed by atoms with Crippen molar-refractivity contribution >= 4 is 22.1 Å². The van der Waals surface area contributed by atoms with Gasteiger partial charge in [-0.15, -0.1) is 0 Å². The largest absolute Gasteiger partial charge is 0.331 e. The van der Waals surface area contributed by atoms with Crippen molar-refractivity contribution in [3.63, 3.8) is 0 Å². The molecule has 0 aliphatic carbocycles. The van der Waals surface area contributed by atoms with Gasteiger partial charge in [0.2, 0.25) is 0 Å². The molecule has 0 radical (unpaired) electrons. The molecule has 1 heterocycles. The van der Waals surface area contributed by atoms with Crippen LogP contribution in [0.15, 0.2) is 66.1 Å². The highest BCUT2D eigenvalue weighted by Crippen LogP contribution is 2.29. The Kier molecular flexibility index (Phi) is 7.09. The summed E-state index contributed by atoms with van der Waals surface area (Å²) >= 11 is 0. The Morgan fingerprint density at radius 1 is 1.07 bits per heavy atom. The lowest BCUT2D eigenvalue weighted by Gasteiger charge is -2.33. The van der Waals surface area contributed by atoms with Crippen molar-refractivity contribution in [1.82, 2.24) is 9.62 Å². The van der Waals surface area contributed by atoms with Crippen LogP contribution in [-0.4, -0.2) is 32.4 Å². The Labute approximate surface area is 173 Å². The maximum Gasteiger partial charge on any atom is 0.331 e. The Morgan fingerprint density at radius 3 is 2.28 bits per heavy atom. The number of rotatable bonds is 6. The molecule has 1 fully saturated rings. The Hall–Kier alpha value is -2.60.